The lowest BCUT2D eigenvalue weighted by Gasteiger charge is -2.00. The molecule has 0 amide bonds. The van der Waals surface area contributed by atoms with Crippen LogP contribution in [0.4, 0.5) is 0 Å². The molecule has 0 atom stereocenters. The number of para-hydroxylation sites is 1. The molecule has 3 aromatic rings. The molecule has 1 heterocycles. The van der Waals surface area contributed by atoms with Gasteiger partial charge in [0.25, 0.3) is 0 Å². The average Bonchev–Trinajstić information content (AvgIpc) is 2.92. The minimum atomic E-state index is 0. The normalized spacial score (nSPS) is 10.3. The number of H-pyrrole nitrogens is 1. The molecular formula is C18H19ClN2. The van der Waals surface area contributed by atoms with Gasteiger partial charge >= 0.3 is 0 Å². The summed E-state index contributed by atoms with van der Waals surface area (Å²) in [5.74, 6) is 0. The Kier molecular flexibility index (Phi) is 5.18. The predicted octanol–water partition coefficient (Wildman–Crippen LogP) is 0.735. The SMILES string of the molecule is C=Cc1cccc2c1[nH]c[n+]2CCCc1ccccc1.[Cl-]. The summed E-state index contributed by atoms with van der Waals surface area (Å²) in [6, 6.07) is 17.0. The van der Waals surface area contributed by atoms with Gasteiger partial charge in [0, 0.05) is 5.56 Å². The lowest BCUT2D eigenvalue weighted by atomic mass is 10.1. The lowest BCUT2D eigenvalue weighted by molar-refractivity contribution is -0.671. The van der Waals surface area contributed by atoms with Crippen molar-refractivity contribution in [3.63, 3.8) is 0 Å². The third-order valence-corrected chi connectivity index (χ3v) is 3.68. The van der Waals surface area contributed by atoms with Crippen LogP contribution in [0.3, 0.4) is 0 Å². The fraction of sp³-hybridized carbons (Fsp3) is 0.167. The van der Waals surface area contributed by atoms with Crippen molar-refractivity contribution in [1.29, 1.82) is 0 Å². The number of imidazole rings is 1. The number of fused-ring (bicyclic) bond motifs is 1. The molecule has 0 bridgehead atoms. The summed E-state index contributed by atoms with van der Waals surface area (Å²) >= 11 is 0. The average molecular weight is 299 g/mol. The minimum Gasteiger partial charge on any atom is -1.00 e. The number of halogens is 1. The Morgan fingerprint density at radius 3 is 2.62 bits per heavy atom. The summed E-state index contributed by atoms with van der Waals surface area (Å²) in [7, 11) is 0. The molecule has 0 aliphatic heterocycles. The summed E-state index contributed by atoms with van der Waals surface area (Å²) in [5, 5.41) is 0. The summed E-state index contributed by atoms with van der Waals surface area (Å²) in [6.45, 7) is 4.89. The molecule has 0 unspecified atom stereocenters. The van der Waals surface area contributed by atoms with Crippen LogP contribution in [-0.2, 0) is 13.0 Å². The molecule has 0 saturated heterocycles. The van der Waals surface area contributed by atoms with Crippen molar-refractivity contribution in [2.45, 2.75) is 19.4 Å². The number of benzene rings is 2. The first-order chi connectivity index (χ1) is 9.88. The molecule has 1 N–H and O–H groups in total. The molecule has 0 saturated carbocycles. The minimum absolute atomic E-state index is 0. The van der Waals surface area contributed by atoms with E-state index in [4.69, 9.17) is 0 Å². The molecule has 2 nitrogen and oxygen atoms in total. The quantitative estimate of drug-likeness (QED) is 0.670. The van der Waals surface area contributed by atoms with E-state index in [0.29, 0.717) is 0 Å². The Labute approximate surface area is 131 Å². The highest BCUT2D eigenvalue weighted by molar-refractivity contribution is 5.81. The van der Waals surface area contributed by atoms with Crippen LogP contribution < -0.4 is 17.0 Å². The van der Waals surface area contributed by atoms with Gasteiger partial charge in [-0.2, -0.15) is 0 Å². The fourth-order valence-electron chi connectivity index (χ4n) is 2.62. The molecule has 0 aliphatic carbocycles. The number of aromatic amines is 1. The van der Waals surface area contributed by atoms with E-state index in [2.05, 4.69) is 71.0 Å². The summed E-state index contributed by atoms with van der Waals surface area (Å²) in [6.07, 6.45) is 6.21. The second kappa shape index (κ2) is 7.09. The Balaban J connectivity index is 0.00000161. The molecular weight excluding hydrogens is 280 g/mol. The standard InChI is InChI=1S/C18H18N2.ClH/c1-2-16-11-6-12-17-18(16)19-14-20(17)13-7-10-15-8-4-3-5-9-15;/h2-6,8-9,11-12,14H,1,7,10,13H2;1H. The molecule has 108 valence electrons. The van der Waals surface area contributed by atoms with Crippen molar-refractivity contribution in [1.82, 2.24) is 4.98 Å². The smallest absolute Gasteiger partial charge is 0.242 e. The zero-order valence-corrected chi connectivity index (χ0v) is 12.7. The first-order valence-corrected chi connectivity index (χ1v) is 7.04. The van der Waals surface area contributed by atoms with Crippen molar-refractivity contribution in [2.75, 3.05) is 0 Å². The van der Waals surface area contributed by atoms with Crippen molar-refractivity contribution in [3.8, 4) is 0 Å². The third-order valence-electron chi connectivity index (χ3n) is 3.68. The maximum absolute atomic E-state index is 3.86. The number of hydrogen-bond donors (Lipinski definition) is 1. The second-order valence-corrected chi connectivity index (χ2v) is 5.00. The maximum atomic E-state index is 3.86. The van der Waals surface area contributed by atoms with E-state index in [0.717, 1.165) is 24.9 Å². The molecule has 2 aromatic carbocycles. The van der Waals surface area contributed by atoms with E-state index in [1.54, 1.807) is 0 Å². The van der Waals surface area contributed by atoms with E-state index in [9.17, 15) is 0 Å². The molecule has 0 fully saturated rings. The molecule has 0 radical (unpaired) electrons. The monoisotopic (exact) mass is 298 g/mol. The zero-order chi connectivity index (χ0) is 13.8. The fourth-order valence-corrected chi connectivity index (χ4v) is 2.62. The number of hydrogen-bond acceptors (Lipinski definition) is 0. The van der Waals surface area contributed by atoms with Crippen LogP contribution in [0.25, 0.3) is 17.1 Å². The summed E-state index contributed by atoms with van der Waals surface area (Å²) in [5.41, 5.74) is 4.97. The Hall–Kier alpha value is -2.06. The highest BCUT2D eigenvalue weighted by Crippen LogP contribution is 2.14. The van der Waals surface area contributed by atoms with Gasteiger partial charge in [-0.05, 0) is 24.5 Å². The Morgan fingerprint density at radius 1 is 1.05 bits per heavy atom. The van der Waals surface area contributed by atoms with Crippen LogP contribution in [-0.4, -0.2) is 4.98 Å². The number of aryl methyl sites for hydroxylation is 2. The number of nitrogens with one attached hydrogen (secondary N) is 1. The third kappa shape index (κ3) is 3.34. The predicted molar refractivity (Wildman–Crippen MR) is 83.3 cm³/mol. The van der Waals surface area contributed by atoms with Gasteiger partial charge in [0.2, 0.25) is 6.33 Å². The van der Waals surface area contributed by atoms with Gasteiger partial charge < -0.3 is 12.4 Å². The van der Waals surface area contributed by atoms with E-state index in [1.165, 1.54) is 16.6 Å². The van der Waals surface area contributed by atoms with E-state index in [1.807, 2.05) is 6.08 Å². The van der Waals surface area contributed by atoms with Crippen molar-refractivity contribution < 1.29 is 17.0 Å². The first-order valence-electron chi connectivity index (χ1n) is 7.04. The van der Waals surface area contributed by atoms with E-state index >= 15 is 0 Å². The first kappa shape index (κ1) is 15.3. The lowest BCUT2D eigenvalue weighted by Crippen LogP contribution is -3.00. The van der Waals surface area contributed by atoms with Crippen LogP contribution in [0.5, 0.6) is 0 Å². The number of rotatable bonds is 5. The molecule has 3 heteroatoms. The van der Waals surface area contributed by atoms with Gasteiger partial charge in [-0.1, -0.05) is 55.1 Å². The maximum Gasteiger partial charge on any atom is 0.242 e. The van der Waals surface area contributed by atoms with Gasteiger partial charge in [-0.15, -0.1) is 0 Å². The largest absolute Gasteiger partial charge is 1.00 e. The Morgan fingerprint density at radius 2 is 1.86 bits per heavy atom. The molecule has 0 spiro atoms. The van der Waals surface area contributed by atoms with Crippen molar-refractivity contribution in [2.24, 2.45) is 0 Å². The second-order valence-electron chi connectivity index (χ2n) is 5.00. The summed E-state index contributed by atoms with van der Waals surface area (Å²) < 4.78 is 2.28. The highest BCUT2D eigenvalue weighted by atomic mass is 35.5. The van der Waals surface area contributed by atoms with Crippen molar-refractivity contribution in [3.05, 3.63) is 72.6 Å². The highest BCUT2D eigenvalue weighted by Gasteiger charge is 2.11. The van der Waals surface area contributed by atoms with Crippen LogP contribution in [0.2, 0.25) is 0 Å². The van der Waals surface area contributed by atoms with Crippen molar-refractivity contribution >= 4 is 17.1 Å². The molecule has 1 aromatic heterocycles. The van der Waals surface area contributed by atoms with Gasteiger partial charge in [0.15, 0.2) is 11.0 Å². The van der Waals surface area contributed by atoms with Crippen LogP contribution >= 0.6 is 0 Å². The van der Waals surface area contributed by atoms with Crippen LogP contribution in [0, 0.1) is 0 Å². The van der Waals surface area contributed by atoms with E-state index in [-0.39, 0.29) is 12.4 Å². The molecule has 21 heavy (non-hydrogen) atoms. The van der Waals surface area contributed by atoms with Gasteiger partial charge in [0.1, 0.15) is 0 Å². The Bertz CT molecular complexity index is 716. The number of aromatic nitrogens is 2. The number of nitrogens with zero attached hydrogens (tertiary/aromatic N) is 1. The topological polar surface area (TPSA) is 19.7 Å². The van der Waals surface area contributed by atoms with Gasteiger partial charge in [-0.25, -0.2) is 9.55 Å². The van der Waals surface area contributed by atoms with E-state index < -0.39 is 0 Å². The zero-order valence-electron chi connectivity index (χ0n) is 11.9. The van der Waals surface area contributed by atoms with Gasteiger partial charge in [0.05, 0.1) is 6.54 Å². The summed E-state index contributed by atoms with van der Waals surface area (Å²) in [4.78, 5) is 3.35. The van der Waals surface area contributed by atoms with Gasteiger partial charge in [-0.3, -0.25) is 0 Å². The molecule has 0 aliphatic rings. The van der Waals surface area contributed by atoms with Crippen LogP contribution in [0.15, 0.2) is 61.4 Å². The molecule has 3 rings (SSSR count). The van der Waals surface area contributed by atoms with Crippen LogP contribution in [0.1, 0.15) is 17.5 Å².